The Morgan fingerprint density at radius 1 is 1.04 bits per heavy atom. The average molecular weight is 412 g/mol. The number of ether oxygens (including phenoxy) is 1. The second-order valence-corrected chi connectivity index (χ2v) is 6.94. The Balaban J connectivity index is 1.41. The molecule has 140 valence electrons. The quantitative estimate of drug-likeness (QED) is 0.451. The summed E-state index contributed by atoms with van der Waals surface area (Å²) in [5.41, 5.74) is 3.28. The fourth-order valence-corrected chi connectivity index (χ4v) is 3.09. The van der Waals surface area contributed by atoms with E-state index in [0.717, 1.165) is 22.4 Å². The fourth-order valence-electron chi connectivity index (χ4n) is 2.73. The number of imidazole rings is 1. The largest absolute Gasteiger partial charge is 0.482 e. The maximum atomic E-state index is 12.1. The predicted octanol–water partition coefficient (Wildman–Crippen LogP) is 5.55. The third kappa shape index (κ3) is 4.11. The lowest BCUT2D eigenvalue weighted by Gasteiger charge is -2.09. The zero-order valence-electron chi connectivity index (χ0n) is 14.6. The molecule has 0 spiro atoms. The van der Waals surface area contributed by atoms with Crippen molar-refractivity contribution in [2.45, 2.75) is 0 Å². The average Bonchev–Trinajstić information content (AvgIpc) is 3.11. The number of aromatic amines is 1. The van der Waals surface area contributed by atoms with Gasteiger partial charge in [-0.2, -0.15) is 0 Å². The van der Waals surface area contributed by atoms with Gasteiger partial charge in [0.15, 0.2) is 6.61 Å². The van der Waals surface area contributed by atoms with Gasteiger partial charge in [0.05, 0.1) is 16.1 Å². The summed E-state index contributed by atoms with van der Waals surface area (Å²) in [6.45, 7) is -0.129. The minimum absolute atomic E-state index is 0.129. The van der Waals surface area contributed by atoms with E-state index in [1.54, 1.807) is 30.3 Å². The minimum Gasteiger partial charge on any atom is -0.482 e. The highest BCUT2D eigenvalue weighted by Gasteiger charge is 2.08. The molecular formula is C21H15Cl2N3O2. The number of fused-ring (bicyclic) bond motifs is 1. The molecule has 0 aliphatic carbocycles. The topological polar surface area (TPSA) is 67.0 Å². The summed E-state index contributed by atoms with van der Waals surface area (Å²) in [5.74, 6) is 0.933. The van der Waals surface area contributed by atoms with Crippen molar-refractivity contribution in [3.8, 4) is 17.1 Å². The Morgan fingerprint density at radius 2 is 1.82 bits per heavy atom. The number of amides is 1. The number of nitrogens with one attached hydrogen (secondary N) is 2. The van der Waals surface area contributed by atoms with Crippen molar-refractivity contribution in [2.24, 2.45) is 0 Å². The molecule has 3 aromatic carbocycles. The van der Waals surface area contributed by atoms with Crippen molar-refractivity contribution in [3.63, 3.8) is 0 Å². The number of H-pyrrole nitrogens is 1. The van der Waals surface area contributed by atoms with Crippen LogP contribution >= 0.6 is 23.2 Å². The second kappa shape index (κ2) is 7.92. The number of para-hydroxylation sites is 1. The Labute approximate surface area is 171 Å². The molecular weight excluding hydrogens is 397 g/mol. The molecule has 0 bridgehead atoms. The molecule has 0 radical (unpaired) electrons. The van der Waals surface area contributed by atoms with Gasteiger partial charge in [0, 0.05) is 16.3 Å². The molecule has 2 N–H and O–H groups in total. The van der Waals surface area contributed by atoms with Crippen molar-refractivity contribution < 1.29 is 9.53 Å². The highest BCUT2D eigenvalue weighted by atomic mass is 35.5. The maximum Gasteiger partial charge on any atom is 0.262 e. The molecule has 0 aliphatic heterocycles. The van der Waals surface area contributed by atoms with Crippen molar-refractivity contribution in [2.75, 3.05) is 11.9 Å². The number of carbonyl (C=O) groups is 1. The number of nitrogens with zero attached hydrogens (tertiary/aromatic N) is 1. The summed E-state index contributed by atoms with van der Waals surface area (Å²) in [6.07, 6.45) is 0. The monoisotopic (exact) mass is 411 g/mol. The Morgan fingerprint density at radius 3 is 2.61 bits per heavy atom. The lowest BCUT2D eigenvalue weighted by atomic mass is 10.2. The zero-order valence-corrected chi connectivity index (χ0v) is 16.1. The van der Waals surface area contributed by atoms with Gasteiger partial charge in [-0.3, -0.25) is 4.79 Å². The number of carbonyl (C=O) groups excluding carboxylic acids is 1. The SMILES string of the molecule is O=C(COc1ccccc1Cl)Nc1ccc(-c2nc3ccc(Cl)cc3[nH]2)cc1. The number of aromatic nitrogens is 2. The lowest BCUT2D eigenvalue weighted by Crippen LogP contribution is -2.20. The van der Waals surface area contributed by atoms with E-state index in [-0.39, 0.29) is 12.5 Å². The van der Waals surface area contributed by atoms with E-state index in [4.69, 9.17) is 27.9 Å². The van der Waals surface area contributed by atoms with Crippen LogP contribution in [0.15, 0.2) is 66.7 Å². The van der Waals surface area contributed by atoms with E-state index in [2.05, 4.69) is 15.3 Å². The van der Waals surface area contributed by atoms with Crippen LogP contribution in [-0.2, 0) is 4.79 Å². The molecule has 0 unspecified atom stereocenters. The van der Waals surface area contributed by atoms with Gasteiger partial charge in [0.2, 0.25) is 0 Å². The van der Waals surface area contributed by atoms with Crippen molar-refractivity contribution in [3.05, 3.63) is 76.8 Å². The highest BCUT2D eigenvalue weighted by molar-refractivity contribution is 6.32. The third-order valence-corrected chi connectivity index (χ3v) is 4.63. The van der Waals surface area contributed by atoms with Gasteiger partial charge >= 0.3 is 0 Å². The van der Waals surface area contributed by atoms with Crippen LogP contribution < -0.4 is 10.1 Å². The molecule has 28 heavy (non-hydrogen) atoms. The van der Waals surface area contributed by atoms with Crippen LogP contribution in [-0.4, -0.2) is 22.5 Å². The first kappa shape index (κ1) is 18.3. The summed E-state index contributed by atoms with van der Waals surface area (Å²) in [4.78, 5) is 19.9. The van der Waals surface area contributed by atoms with Crippen LogP contribution in [0.5, 0.6) is 5.75 Å². The first-order valence-electron chi connectivity index (χ1n) is 8.51. The van der Waals surface area contributed by atoms with E-state index in [1.165, 1.54) is 0 Å². The number of benzene rings is 3. The van der Waals surface area contributed by atoms with E-state index in [1.807, 2.05) is 36.4 Å². The summed E-state index contributed by atoms with van der Waals surface area (Å²) in [5, 5.41) is 3.91. The van der Waals surface area contributed by atoms with Crippen LogP contribution in [0.1, 0.15) is 0 Å². The number of halogens is 2. The maximum absolute atomic E-state index is 12.1. The molecule has 1 heterocycles. The molecule has 4 rings (SSSR count). The predicted molar refractivity (Wildman–Crippen MR) is 112 cm³/mol. The van der Waals surface area contributed by atoms with Crippen LogP contribution in [0.25, 0.3) is 22.4 Å². The molecule has 0 atom stereocenters. The minimum atomic E-state index is -0.272. The smallest absolute Gasteiger partial charge is 0.262 e. The number of hydrogen-bond donors (Lipinski definition) is 2. The molecule has 0 saturated carbocycles. The second-order valence-electron chi connectivity index (χ2n) is 6.09. The molecule has 4 aromatic rings. The highest BCUT2D eigenvalue weighted by Crippen LogP contribution is 2.25. The third-order valence-electron chi connectivity index (χ3n) is 4.08. The van der Waals surface area contributed by atoms with Gasteiger partial charge in [-0.25, -0.2) is 4.98 Å². The molecule has 5 nitrogen and oxygen atoms in total. The van der Waals surface area contributed by atoms with Crippen molar-refractivity contribution >= 4 is 45.8 Å². The van der Waals surface area contributed by atoms with E-state index in [0.29, 0.717) is 21.5 Å². The van der Waals surface area contributed by atoms with Crippen LogP contribution in [0.4, 0.5) is 5.69 Å². The van der Waals surface area contributed by atoms with Gasteiger partial charge in [0.1, 0.15) is 11.6 Å². The van der Waals surface area contributed by atoms with Crippen LogP contribution in [0.3, 0.4) is 0 Å². The van der Waals surface area contributed by atoms with E-state index in [9.17, 15) is 4.79 Å². The summed E-state index contributed by atoms with van der Waals surface area (Å²) >= 11 is 12.0. The van der Waals surface area contributed by atoms with Gasteiger partial charge in [0.25, 0.3) is 5.91 Å². The van der Waals surface area contributed by atoms with E-state index < -0.39 is 0 Å². The van der Waals surface area contributed by atoms with E-state index >= 15 is 0 Å². The van der Waals surface area contributed by atoms with Gasteiger partial charge in [-0.1, -0.05) is 35.3 Å². The Kier molecular flexibility index (Phi) is 5.19. The molecule has 7 heteroatoms. The first-order valence-corrected chi connectivity index (χ1v) is 9.27. The Bertz CT molecular complexity index is 1140. The van der Waals surface area contributed by atoms with Crippen LogP contribution in [0.2, 0.25) is 10.0 Å². The normalized spacial score (nSPS) is 10.8. The Hall–Kier alpha value is -3.02. The fraction of sp³-hybridized carbons (Fsp3) is 0.0476. The summed E-state index contributed by atoms with van der Waals surface area (Å²) < 4.78 is 5.44. The molecule has 1 amide bonds. The number of anilines is 1. The first-order chi connectivity index (χ1) is 13.6. The van der Waals surface area contributed by atoms with Crippen molar-refractivity contribution in [1.29, 1.82) is 0 Å². The summed E-state index contributed by atoms with van der Waals surface area (Å²) in [6, 6.07) is 19.9. The van der Waals surface area contributed by atoms with Gasteiger partial charge in [-0.05, 0) is 54.6 Å². The zero-order chi connectivity index (χ0) is 19.5. The molecule has 0 fully saturated rings. The standard InChI is InChI=1S/C21H15Cl2N3O2/c22-14-7-10-17-18(11-14)26-21(25-17)13-5-8-15(9-6-13)24-20(27)12-28-19-4-2-1-3-16(19)23/h1-11H,12H2,(H,24,27)(H,25,26). The van der Waals surface area contributed by atoms with Gasteiger partial charge < -0.3 is 15.0 Å². The van der Waals surface area contributed by atoms with Gasteiger partial charge in [-0.15, -0.1) is 0 Å². The van der Waals surface area contributed by atoms with Crippen molar-refractivity contribution in [1.82, 2.24) is 9.97 Å². The summed E-state index contributed by atoms with van der Waals surface area (Å²) in [7, 11) is 0. The molecule has 1 aromatic heterocycles. The molecule has 0 saturated heterocycles. The number of hydrogen-bond acceptors (Lipinski definition) is 3. The number of rotatable bonds is 5. The molecule has 0 aliphatic rings. The lowest BCUT2D eigenvalue weighted by molar-refractivity contribution is -0.118. The van der Waals surface area contributed by atoms with Crippen LogP contribution in [0, 0.1) is 0 Å².